The van der Waals surface area contributed by atoms with Gasteiger partial charge in [-0.2, -0.15) is 13.2 Å². The Labute approximate surface area is 163 Å². The molecule has 2 aromatic carbocycles. The highest BCUT2D eigenvalue weighted by atomic mass is 35.5. The zero-order chi connectivity index (χ0) is 18.6. The van der Waals surface area contributed by atoms with Gasteiger partial charge in [0.05, 0.1) is 32.4 Å². The molecule has 4 rings (SSSR count). The summed E-state index contributed by atoms with van der Waals surface area (Å²) in [5.74, 6) is -0.416. The quantitative estimate of drug-likeness (QED) is 0.473. The Morgan fingerprint density at radius 2 is 1.69 bits per heavy atom. The van der Waals surface area contributed by atoms with Gasteiger partial charge in [-0.25, -0.2) is 0 Å². The molecule has 0 saturated heterocycles. The smallest absolute Gasteiger partial charge is 0.376 e. The van der Waals surface area contributed by atoms with E-state index in [2.05, 4.69) is 5.32 Å². The van der Waals surface area contributed by atoms with E-state index < -0.39 is 11.7 Å². The maximum Gasteiger partial charge on any atom is 0.416 e. The predicted octanol–water partition coefficient (Wildman–Crippen LogP) is 7.49. The van der Waals surface area contributed by atoms with Crippen molar-refractivity contribution >= 4 is 40.5 Å². The monoisotopic (exact) mass is 417 g/mol. The second-order valence-corrected chi connectivity index (χ2v) is 7.75. The highest BCUT2D eigenvalue weighted by molar-refractivity contribution is 6.42. The Kier molecular flexibility index (Phi) is 4.41. The van der Waals surface area contributed by atoms with E-state index in [1.807, 2.05) is 18.2 Å². The maximum atomic E-state index is 13.6. The molecule has 0 spiro atoms. The Hall–Kier alpha value is -1.36. The van der Waals surface area contributed by atoms with E-state index in [9.17, 15) is 13.2 Å². The normalized spacial score (nSPS) is 24.2. The number of allylic oxidation sites excluding steroid dienone is 2. The van der Waals surface area contributed by atoms with Crippen molar-refractivity contribution in [2.45, 2.75) is 24.6 Å². The standard InChI is InChI=1S/C19H13Cl3F3N/c20-13-6-4-9(8-15(13)22)17-11-3-1-2-10(11)16-12(19(23,24)25)5-7-14(21)18(16)26-17/h1-2,4-8,10-11,17,26H,3H2/t10-,11-,17+/m1/s1. The van der Waals surface area contributed by atoms with Crippen LogP contribution in [0.3, 0.4) is 0 Å². The van der Waals surface area contributed by atoms with E-state index in [1.54, 1.807) is 12.1 Å². The summed E-state index contributed by atoms with van der Waals surface area (Å²) in [6, 6.07) is 7.43. The Bertz CT molecular complexity index is 908. The highest BCUT2D eigenvalue weighted by Gasteiger charge is 2.44. The van der Waals surface area contributed by atoms with Crippen molar-refractivity contribution < 1.29 is 13.2 Å². The zero-order valence-corrected chi connectivity index (χ0v) is 15.5. The van der Waals surface area contributed by atoms with E-state index in [-0.39, 0.29) is 28.5 Å². The number of alkyl halides is 3. The molecule has 0 fully saturated rings. The molecule has 1 aliphatic carbocycles. The van der Waals surface area contributed by atoms with Gasteiger partial charge in [-0.15, -0.1) is 0 Å². The van der Waals surface area contributed by atoms with Gasteiger partial charge in [-0.3, -0.25) is 0 Å². The molecule has 2 aliphatic rings. The molecule has 3 atom stereocenters. The zero-order valence-electron chi connectivity index (χ0n) is 13.2. The topological polar surface area (TPSA) is 12.0 Å². The van der Waals surface area contributed by atoms with E-state index in [4.69, 9.17) is 34.8 Å². The predicted molar refractivity (Wildman–Crippen MR) is 99.3 cm³/mol. The average Bonchev–Trinajstić information content (AvgIpc) is 3.06. The fourth-order valence-corrected chi connectivity index (χ4v) is 4.48. The van der Waals surface area contributed by atoms with E-state index in [0.29, 0.717) is 22.2 Å². The number of anilines is 1. The lowest BCUT2D eigenvalue weighted by molar-refractivity contribution is -0.138. The number of fused-ring (bicyclic) bond motifs is 3. The molecule has 0 saturated carbocycles. The van der Waals surface area contributed by atoms with Gasteiger partial charge in [0.1, 0.15) is 0 Å². The molecule has 7 heteroatoms. The van der Waals surface area contributed by atoms with Gasteiger partial charge in [0.2, 0.25) is 0 Å². The van der Waals surface area contributed by atoms with Crippen LogP contribution in [0.2, 0.25) is 15.1 Å². The minimum absolute atomic E-state index is 0.0562. The van der Waals surface area contributed by atoms with Crippen molar-refractivity contribution in [2.24, 2.45) is 5.92 Å². The summed E-state index contributed by atoms with van der Waals surface area (Å²) in [4.78, 5) is 0. The summed E-state index contributed by atoms with van der Waals surface area (Å²) >= 11 is 18.4. The first kappa shape index (κ1) is 18.0. The molecular formula is C19H13Cl3F3N. The van der Waals surface area contributed by atoms with Crippen LogP contribution in [0, 0.1) is 5.92 Å². The van der Waals surface area contributed by atoms with E-state index in [1.165, 1.54) is 6.07 Å². The molecule has 1 heterocycles. The molecular weight excluding hydrogens is 406 g/mol. The third-order valence-corrected chi connectivity index (χ3v) is 6.13. The lowest BCUT2D eigenvalue weighted by atomic mass is 9.75. The van der Waals surface area contributed by atoms with Crippen LogP contribution in [0.25, 0.3) is 0 Å². The van der Waals surface area contributed by atoms with Crippen molar-refractivity contribution in [1.29, 1.82) is 0 Å². The van der Waals surface area contributed by atoms with Crippen molar-refractivity contribution in [3.63, 3.8) is 0 Å². The number of rotatable bonds is 1. The van der Waals surface area contributed by atoms with Crippen LogP contribution < -0.4 is 5.32 Å². The fourth-order valence-electron chi connectivity index (χ4n) is 3.96. The molecule has 0 bridgehead atoms. The molecule has 1 nitrogen and oxygen atoms in total. The van der Waals surface area contributed by atoms with Gasteiger partial charge in [0.15, 0.2) is 0 Å². The lowest BCUT2D eigenvalue weighted by Gasteiger charge is -2.39. The summed E-state index contributed by atoms with van der Waals surface area (Å²) in [6.07, 6.45) is 0.0116. The van der Waals surface area contributed by atoms with Crippen LogP contribution >= 0.6 is 34.8 Å². The first-order valence-electron chi connectivity index (χ1n) is 8.05. The van der Waals surface area contributed by atoms with Crippen molar-refractivity contribution in [3.05, 3.63) is 74.2 Å². The molecule has 0 unspecified atom stereocenters. The third-order valence-electron chi connectivity index (χ3n) is 5.08. The van der Waals surface area contributed by atoms with Gasteiger partial charge in [0, 0.05) is 5.92 Å². The number of benzene rings is 2. The van der Waals surface area contributed by atoms with E-state index >= 15 is 0 Å². The molecule has 0 aromatic heterocycles. The van der Waals surface area contributed by atoms with E-state index in [0.717, 1.165) is 11.6 Å². The Morgan fingerprint density at radius 3 is 2.38 bits per heavy atom. The fraction of sp³-hybridized carbons (Fsp3) is 0.263. The largest absolute Gasteiger partial charge is 0.416 e. The molecule has 26 heavy (non-hydrogen) atoms. The van der Waals surface area contributed by atoms with Crippen LogP contribution in [0.1, 0.15) is 35.1 Å². The molecule has 136 valence electrons. The molecule has 1 aliphatic heterocycles. The number of nitrogens with one attached hydrogen (secondary N) is 1. The summed E-state index contributed by atoms with van der Waals surface area (Å²) in [5, 5.41) is 4.36. The third kappa shape index (κ3) is 2.88. The number of halogens is 6. The summed E-state index contributed by atoms with van der Waals surface area (Å²) in [6.45, 7) is 0. The SMILES string of the molecule is FC(F)(F)c1ccc(Cl)c2c1[C@@H]1C=CC[C@H]1[C@H](c1ccc(Cl)c(Cl)c1)N2. The first-order chi connectivity index (χ1) is 12.3. The van der Waals surface area contributed by atoms with Crippen LogP contribution in [0.4, 0.5) is 18.9 Å². The van der Waals surface area contributed by atoms with Gasteiger partial charge >= 0.3 is 6.18 Å². The highest BCUT2D eigenvalue weighted by Crippen LogP contribution is 2.55. The second kappa shape index (κ2) is 6.36. The Morgan fingerprint density at radius 1 is 0.962 bits per heavy atom. The molecule has 0 radical (unpaired) electrons. The Balaban J connectivity index is 1.87. The minimum Gasteiger partial charge on any atom is -0.376 e. The van der Waals surface area contributed by atoms with Crippen molar-refractivity contribution in [1.82, 2.24) is 0 Å². The molecule has 0 amide bonds. The van der Waals surface area contributed by atoms with Gasteiger partial charge in [-0.1, -0.05) is 53.0 Å². The second-order valence-electron chi connectivity index (χ2n) is 6.53. The van der Waals surface area contributed by atoms with Gasteiger partial charge in [-0.05, 0) is 47.7 Å². The van der Waals surface area contributed by atoms with Crippen LogP contribution in [-0.4, -0.2) is 0 Å². The van der Waals surface area contributed by atoms with Crippen LogP contribution in [0.15, 0.2) is 42.5 Å². The lowest BCUT2D eigenvalue weighted by Crippen LogP contribution is -2.31. The summed E-state index contributed by atoms with van der Waals surface area (Å²) < 4.78 is 40.7. The first-order valence-corrected chi connectivity index (χ1v) is 9.18. The summed E-state index contributed by atoms with van der Waals surface area (Å²) in [5.41, 5.74) is 0.793. The molecule has 2 aromatic rings. The molecule has 1 N–H and O–H groups in total. The van der Waals surface area contributed by atoms with Crippen molar-refractivity contribution in [3.8, 4) is 0 Å². The number of hydrogen-bond donors (Lipinski definition) is 1. The minimum atomic E-state index is -4.44. The van der Waals surface area contributed by atoms with Gasteiger partial charge in [0.25, 0.3) is 0 Å². The van der Waals surface area contributed by atoms with Crippen LogP contribution in [0.5, 0.6) is 0 Å². The van der Waals surface area contributed by atoms with Crippen LogP contribution in [-0.2, 0) is 6.18 Å². The summed E-state index contributed by atoms with van der Waals surface area (Å²) in [7, 11) is 0. The maximum absolute atomic E-state index is 13.6. The number of hydrogen-bond acceptors (Lipinski definition) is 1. The van der Waals surface area contributed by atoms with Gasteiger partial charge < -0.3 is 5.32 Å². The average molecular weight is 419 g/mol. The van der Waals surface area contributed by atoms with Crippen molar-refractivity contribution in [2.75, 3.05) is 5.32 Å².